The van der Waals surface area contributed by atoms with Crippen LogP contribution in [-0.2, 0) is 26.0 Å². The van der Waals surface area contributed by atoms with Gasteiger partial charge >= 0.3 is 12.2 Å². The molecule has 21 heteroatoms. The van der Waals surface area contributed by atoms with Gasteiger partial charge in [-0.3, -0.25) is 9.59 Å². The highest BCUT2D eigenvalue weighted by molar-refractivity contribution is 7.86. The van der Waals surface area contributed by atoms with Gasteiger partial charge in [0.2, 0.25) is 11.8 Å². The third-order valence-electron chi connectivity index (χ3n) is 9.28. The van der Waals surface area contributed by atoms with Gasteiger partial charge in [0.25, 0.3) is 10.2 Å². The van der Waals surface area contributed by atoms with Crippen LogP contribution in [0.2, 0.25) is 0 Å². The molecule has 6 rings (SSSR count). The summed E-state index contributed by atoms with van der Waals surface area (Å²) in [6.07, 6.45) is -3.45. The SMILES string of the molecule is CC(C)N1CC(C(=O)Nc2ccc(Oc3ccnc(Nc4ccc(C(F)(F)F)c(N5CCN(S(=O)(=O)N(C)C)CC5)n4)c3)c(F)c2)C(=O)N(c2ccc(F)cc2)C1=O. The van der Waals surface area contributed by atoms with E-state index in [1.165, 1.54) is 70.8 Å². The molecule has 15 nitrogen and oxygen atoms in total. The molecule has 2 aliphatic heterocycles. The Bertz CT molecular complexity index is 2310. The van der Waals surface area contributed by atoms with E-state index in [2.05, 4.69) is 20.6 Å². The van der Waals surface area contributed by atoms with Crippen molar-refractivity contribution in [1.82, 2.24) is 23.5 Å². The highest BCUT2D eigenvalue weighted by atomic mass is 32.2. The lowest BCUT2D eigenvalue weighted by Crippen LogP contribution is -2.61. The summed E-state index contributed by atoms with van der Waals surface area (Å²) < 4.78 is 104. The number of halogens is 5. The molecule has 2 aromatic heterocycles. The van der Waals surface area contributed by atoms with E-state index in [0.29, 0.717) is 0 Å². The van der Waals surface area contributed by atoms with Crippen LogP contribution in [0.5, 0.6) is 11.5 Å². The first-order valence-corrected chi connectivity index (χ1v) is 19.2. The molecule has 0 radical (unpaired) electrons. The van der Waals surface area contributed by atoms with Gasteiger partial charge in [0.15, 0.2) is 11.6 Å². The maximum atomic E-state index is 15.4. The molecule has 0 bridgehead atoms. The van der Waals surface area contributed by atoms with Gasteiger partial charge in [-0.15, -0.1) is 0 Å². The van der Waals surface area contributed by atoms with E-state index in [4.69, 9.17) is 4.74 Å². The zero-order valence-corrected chi connectivity index (χ0v) is 32.3. The fraction of sp³-hybridized carbons (Fsp3) is 0.324. The Morgan fingerprint density at radius 2 is 1.62 bits per heavy atom. The van der Waals surface area contributed by atoms with Crippen molar-refractivity contribution in [3.8, 4) is 11.5 Å². The topological polar surface area (TPSA) is 161 Å². The minimum Gasteiger partial charge on any atom is -0.454 e. The van der Waals surface area contributed by atoms with Crippen LogP contribution >= 0.6 is 0 Å². The predicted octanol–water partition coefficient (Wildman–Crippen LogP) is 5.67. The Kier molecular flexibility index (Phi) is 11.9. The van der Waals surface area contributed by atoms with Crippen molar-refractivity contribution in [1.29, 1.82) is 0 Å². The number of amides is 4. The molecule has 2 N–H and O–H groups in total. The lowest BCUT2D eigenvalue weighted by molar-refractivity contribution is -0.137. The third-order valence-corrected chi connectivity index (χ3v) is 11.2. The summed E-state index contributed by atoms with van der Waals surface area (Å²) in [7, 11) is -1.03. The number of ether oxygens (including phenoxy) is 1. The number of rotatable bonds is 11. The smallest absolute Gasteiger partial charge is 0.419 e. The molecule has 4 aromatic rings. The number of nitrogens with zero attached hydrogens (tertiary/aromatic N) is 7. The molecule has 2 saturated heterocycles. The highest BCUT2D eigenvalue weighted by Crippen LogP contribution is 2.38. The van der Waals surface area contributed by atoms with Crippen LogP contribution in [0.1, 0.15) is 19.4 Å². The minimum absolute atomic E-state index is 0.0135. The van der Waals surface area contributed by atoms with Crippen molar-refractivity contribution < 1.29 is 49.5 Å². The van der Waals surface area contributed by atoms with Gasteiger partial charge in [-0.1, -0.05) is 0 Å². The second kappa shape index (κ2) is 16.5. The number of hydrogen-bond donors (Lipinski definition) is 2. The summed E-state index contributed by atoms with van der Waals surface area (Å²) in [6, 6.07) is 11.8. The minimum atomic E-state index is -4.75. The zero-order valence-electron chi connectivity index (χ0n) is 31.5. The lowest BCUT2D eigenvalue weighted by atomic mass is 10.0. The number of pyridine rings is 2. The Morgan fingerprint density at radius 3 is 2.24 bits per heavy atom. The van der Waals surface area contributed by atoms with Crippen LogP contribution in [0.4, 0.5) is 55.6 Å². The molecule has 2 fully saturated rings. The number of aromatic nitrogens is 2. The normalized spacial score (nSPS) is 16.9. The Hall–Kier alpha value is -5.93. The number of piperazine rings is 1. The van der Waals surface area contributed by atoms with Crippen LogP contribution in [0.15, 0.2) is 72.9 Å². The van der Waals surface area contributed by atoms with Gasteiger partial charge in [-0.25, -0.2) is 28.4 Å². The summed E-state index contributed by atoms with van der Waals surface area (Å²) in [5.41, 5.74) is -0.953. The average Bonchev–Trinajstić information content (AvgIpc) is 3.16. The number of carbonyl (C=O) groups is 3. The molecule has 58 heavy (non-hydrogen) atoms. The van der Waals surface area contributed by atoms with Crippen LogP contribution < -0.4 is 25.2 Å². The maximum Gasteiger partial charge on any atom is 0.419 e. The van der Waals surface area contributed by atoms with Crippen molar-refractivity contribution in [3.05, 3.63) is 90.1 Å². The van der Waals surface area contributed by atoms with E-state index >= 15 is 4.39 Å². The number of anilines is 5. The molecule has 4 heterocycles. The number of hydrogen-bond acceptors (Lipinski definition) is 10. The fourth-order valence-corrected chi connectivity index (χ4v) is 7.31. The molecule has 1 atom stereocenters. The number of alkyl halides is 3. The second-order valence-electron chi connectivity index (χ2n) is 13.7. The fourth-order valence-electron chi connectivity index (χ4n) is 6.22. The number of carbonyl (C=O) groups excluding carboxylic acids is 3. The van der Waals surface area contributed by atoms with E-state index in [-0.39, 0.29) is 67.2 Å². The zero-order chi connectivity index (χ0) is 42.1. The van der Waals surface area contributed by atoms with Gasteiger partial charge in [0.05, 0.1) is 11.3 Å². The van der Waals surface area contributed by atoms with Crippen molar-refractivity contribution in [2.45, 2.75) is 26.1 Å². The lowest BCUT2D eigenvalue weighted by Gasteiger charge is -2.39. The Balaban J connectivity index is 1.14. The van der Waals surface area contributed by atoms with Crippen LogP contribution in [0.3, 0.4) is 0 Å². The van der Waals surface area contributed by atoms with Crippen LogP contribution in [0, 0.1) is 17.6 Å². The summed E-state index contributed by atoms with van der Waals surface area (Å²) in [6.45, 7) is 2.96. The summed E-state index contributed by atoms with van der Waals surface area (Å²) in [4.78, 5) is 51.8. The van der Waals surface area contributed by atoms with Gasteiger partial charge < -0.3 is 25.2 Å². The average molecular weight is 832 g/mol. The van der Waals surface area contributed by atoms with Crippen LogP contribution in [-0.4, -0.2) is 103 Å². The molecule has 4 amide bonds. The van der Waals surface area contributed by atoms with E-state index in [1.54, 1.807) is 13.8 Å². The van der Waals surface area contributed by atoms with E-state index in [0.717, 1.165) is 39.5 Å². The second-order valence-corrected chi connectivity index (χ2v) is 15.9. The van der Waals surface area contributed by atoms with Crippen molar-refractivity contribution >= 4 is 56.9 Å². The van der Waals surface area contributed by atoms with Crippen molar-refractivity contribution in [3.63, 3.8) is 0 Å². The predicted molar refractivity (Wildman–Crippen MR) is 203 cm³/mol. The van der Waals surface area contributed by atoms with Gasteiger partial charge in [0, 0.05) is 76.9 Å². The molecular weight excluding hydrogens is 794 g/mol. The quantitative estimate of drug-likeness (QED) is 0.143. The molecule has 308 valence electrons. The van der Waals surface area contributed by atoms with Gasteiger partial charge in [-0.2, -0.15) is 30.2 Å². The van der Waals surface area contributed by atoms with Crippen molar-refractivity contribution in [2.24, 2.45) is 5.92 Å². The first-order chi connectivity index (χ1) is 27.3. The molecular formula is C37H38F5N9O6S. The third kappa shape index (κ3) is 8.95. The van der Waals surface area contributed by atoms with Gasteiger partial charge in [-0.05, 0) is 68.4 Å². The summed E-state index contributed by atoms with van der Waals surface area (Å²) >= 11 is 0. The molecule has 0 spiro atoms. The molecule has 0 saturated carbocycles. The van der Waals surface area contributed by atoms with E-state index < -0.39 is 69.2 Å². The number of urea groups is 1. The Morgan fingerprint density at radius 1 is 0.931 bits per heavy atom. The standard InChI is InChI=1S/C37H38F5N9O6S/c1-22(2)50-21-27(35(53)51(36(50)54)25-8-5-23(38)6-9-25)34(52)44-24-7-11-30(29(39)19-24)57-26-13-14-43-32(20-26)45-31-12-10-28(37(40,41)42)33(46-31)48-15-17-49(18-16-48)58(55,56)47(3)4/h5-14,19-20,22,27H,15-18,21H2,1-4H3,(H,44,52)(H,43,45,46). The Labute approximate surface area is 330 Å². The number of nitrogens with one attached hydrogen (secondary N) is 2. The monoisotopic (exact) mass is 831 g/mol. The highest BCUT2D eigenvalue weighted by Gasteiger charge is 2.44. The van der Waals surface area contributed by atoms with E-state index in [1.807, 2.05) is 0 Å². The molecule has 2 aromatic carbocycles. The maximum absolute atomic E-state index is 15.4. The first kappa shape index (κ1) is 41.7. The molecule has 0 aliphatic carbocycles. The summed E-state index contributed by atoms with van der Waals surface area (Å²) in [5.74, 6) is -5.04. The molecule has 2 aliphatic rings. The largest absolute Gasteiger partial charge is 0.454 e. The molecule has 1 unspecified atom stereocenters. The van der Waals surface area contributed by atoms with Crippen molar-refractivity contribution in [2.75, 3.05) is 67.3 Å². The van der Waals surface area contributed by atoms with E-state index in [9.17, 15) is 40.4 Å². The number of benzene rings is 2. The number of imide groups is 1. The van der Waals surface area contributed by atoms with Gasteiger partial charge in [0.1, 0.15) is 34.9 Å². The first-order valence-electron chi connectivity index (χ1n) is 17.8. The van der Waals surface area contributed by atoms with Crippen LogP contribution in [0.25, 0.3) is 0 Å². The summed E-state index contributed by atoms with van der Waals surface area (Å²) in [5, 5.41) is 5.33.